The fourth-order valence-corrected chi connectivity index (χ4v) is 3.43. The Kier molecular flexibility index (Phi) is 5.02. The normalized spacial score (nSPS) is 26.4. The molecule has 1 aliphatic carbocycles. The molecule has 2 fully saturated rings. The van der Waals surface area contributed by atoms with E-state index < -0.39 is 0 Å². The molecule has 1 heterocycles. The first-order chi connectivity index (χ1) is 6.37. The highest BCUT2D eigenvalue weighted by Gasteiger charge is 2.40. The van der Waals surface area contributed by atoms with Gasteiger partial charge in [0.05, 0.1) is 0 Å². The summed E-state index contributed by atoms with van der Waals surface area (Å²) < 4.78 is 0. The molecule has 0 unspecified atom stereocenters. The van der Waals surface area contributed by atoms with Crippen LogP contribution in [0.1, 0.15) is 44.9 Å². The summed E-state index contributed by atoms with van der Waals surface area (Å²) in [5.41, 5.74) is 0.590. The molecule has 84 valence electrons. The maximum Gasteiger partial charge on any atom is 0.0351 e. The zero-order chi connectivity index (χ0) is 9.15. The van der Waals surface area contributed by atoms with Gasteiger partial charge in [-0.15, -0.1) is 24.0 Å². The molecule has 0 aromatic heterocycles. The largest absolute Gasteiger partial charge is 0.296 e. The van der Waals surface area contributed by atoms with Gasteiger partial charge >= 0.3 is 0 Å². The monoisotopic (exact) mass is 237 g/mol. The number of hydrogen-bond acceptors (Lipinski definition) is 1. The number of nitrogens with zero attached hydrogens (tertiary/aromatic N) is 1. The molecule has 0 amide bonds. The van der Waals surface area contributed by atoms with Gasteiger partial charge in [0.1, 0.15) is 0 Å². The van der Waals surface area contributed by atoms with Crippen LogP contribution in [0.15, 0.2) is 0 Å². The second kappa shape index (κ2) is 5.58. The summed E-state index contributed by atoms with van der Waals surface area (Å²) in [6, 6.07) is 0. The van der Waals surface area contributed by atoms with Crippen molar-refractivity contribution < 1.29 is 0 Å². The minimum atomic E-state index is 0. The summed E-state index contributed by atoms with van der Waals surface area (Å²) in [5.74, 6) is 0.807. The van der Waals surface area contributed by atoms with Crippen LogP contribution in [-0.2, 0) is 0 Å². The van der Waals surface area contributed by atoms with E-state index in [9.17, 15) is 0 Å². The van der Waals surface area contributed by atoms with Crippen LogP contribution < -0.4 is 0 Å². The van der Waals surface area contributed by atoms with Gasteiger partial charge in [0.15, 0.2) is 0 Å². The molecule has 0 radical (unpaired) electrons. The number of halogens is 2. The van der Waals surface area contributed by atoms with E-state index in [1.54, 1.807) is 0 Å². The molecule has 0 N–H and O–H groups in total. The van der Waals surface area contributed by atoms with E-state index >= 15 is 0 Å². The van der Waals surface area contributed by atoms with E-state index in [0.29, 0.717) is 5.54 Å². The Balaban J connectivity index is 0.000000980. The molecule has 1 saturated heterocycles. The molecule has 0 atom stereocenters. The molecule has 0 aromatic rings. The van der Waals surface area contributed by atoms with Gasteiger partial charge in [-0.1, -0.05) is 19.3 Å². The topological polar surface area (TPSA) is 3.24 Å². The van der Waals surface area contributed by atoms with Crippen LogP contribution in [0.5, 0.6) is 0 Å². The van der Waals surface area contributed by atoms with E-state index in [0.717, 1.165) is 12.4 Å². The average molecular weight is 238 g/mol. The highest BCUT2D eigenvalue weighted by molar-refractivity contribution is 6.18. The zero-order valence-electron chi connectivity index (χ0n) is 8.80. The van der Waals surface area contributed by atoms with Crippen molar-refractivity contribution in [2.75, 3.05) is 19.0 Å². The third-order valence-electron chi connectivity index (χ3n) is 3.88. The van der Waals surface area contributed by atoms with E-state index in [-0.39, 0.29) is 12.4 Å². The van der Waals surface area contributed by atoms with Crippen LogP contribution in [-0.4, -0.2) is 29.4 Å². The van der Waals surface area contributed by atoms with Gasteiger partial charge in [-0.3, -0.25) is 4.90 Å². The van der Waals surface area contributed by atoms with Gasteiger partial charge in [0, 0.05) is 18.0 Å². The van der Waals surface area contributed by atoms with Crippen LogP contribution in [0.4, 0.5) is 0 Å². The van der Waals surface area contributed by atoms with Gasteiger partial charge in [-0.05, 0) is 32.2 Å². The molecular weight excluding hydrogens is 217 g/mol. The highest BCUT2D eigenvalue weighted by atomic mass is 35.5. The predicted molar refractivity (Wildman–Crippen MR) is 64.6 cm³/mol. The van der Waals surface area contributed by atoms with Crippen LogP contribution in [0.25, 0.3) is 0 Å². The maximum absolute atomic E-state index is 5.84. The molecule has 2 aliphatic rings. The summed E-state index contributed by atoms with van der Waals surface area (Å²) in [5, 5.41) is 0. The predicted octanol–water partition coefficient (Wildman–Crippen LogP) is 3.45. The quantitative estimate of drug-likeness (QED) is 0.666. The summed E-state index contributed by atoms with van der Waals surface area (Å²) >= 11 is 5.84. The lowest BCUT2D eigenvalue weighted by Gasteiger charge is -2.41. The van der Waals surface area contributed by atoms with Crippen LogP contribution >= 0.6 is 24.0 Å². The Morgan fingerprint density at radius 1 is 1.00 bits per heavy atom. The lowest BCUT2D eigenvalue weighted by molar-refractivity contribution is 0.0994. The van der Waals surface area contributed by atoms with Gasteiger partial charge in [-0.2, -0.15) is 0 Å². The number of alkyl halides is 1. The van der Waals surface area contributed by atoms with Gasteiger partial charge in [0.25, 0.3) is 0 Å². The van der Waals surface area contributed by atoms with Crippen LogP contribution in [0.3, 0.4) is 0 Å². The van der Waals surface area contributed by atoms with Crippen molar-refractivity contribution >= 4 is 24.0 Å². The van der Waals surface area contributed by atoms with Crippen molar-refractivity contribution in [3.63, 3.8) is 0 Å². The number of hydrogen-bond donors (Lipinski definition) is 0. The second-order valence-corrected chi connectivity index (χ2v) is 4.94. The first-order valence-electron chi connectivity index (χ1n) is 5.68. The van der Waals surface area contributed by atoms with Crippen molar-refractivity contribution in [2.45, 2.75) is 50.5 Å². The van der Waals surface area contributed by atoms with E-state index in [1.807, 2.05) is 0 Å². The van der Waals surface area contributed by atoms with E-state index in [1.165, 1.54) is 51.5 Å². The Morgan fingerprint density at radius 3 is 2.29 bits per heavy atom. The first kappa shape index (κ1) is 12.6. The highest BCUT2D eigenvalue weighted by Crippen LogP contribution is 2.41. The lowest BCUT2D eigenvalue weighted by atomic mass is 9.80. The summed E-state index contributed by atoms with van der Waals surface area (Å²) in [7, 11) is 0. The Hall–Kier alpha value is 0.540. The van der Waals surface area contributed by atoms with Crippen molar-refractivity contribution in [1.29, 1.82) is 0 Å². The average Bonchev–Trinajstić information content (AvgIpc) is 2.52. The molecule has 1 aliphatic heterocycles. The van der Waals surface area contributed by atoms with E-state index in [2.05, 4.69) is 4.90 Å². The summed E-state index contributed by atoms with van der Waals surface area (Å²) in [6.07, 6.45) is 10.0. The first-order valence-corrected chi connectivity index (χ1v) is 6.22. The summed E-state index contributed by atoms with van der Waals surface area (Å²) in [4.78, 5) is 2.67. The standard InChI is InChI=1S/C11H20ClN.ClH/c12-8-10-13-9-4-7-11(13)5-2-1-3-6-11;/h1-10H2;1H. The molecule has 2 rings (SSSR count). The molecule has 3 heteroatoms. The maximum atomic E-state index is 5.84. The number of rotatable bonds is 2. The third-order valence-corrected chi connectivity index (χ3v) is 4.05. The summed E-state index contributed by atoms with van der Waals surface area (Å²) in [6.45, 7) is 2.41. The van der Waals surface area contributed by atoms with Gasteiger partial charge in [0.2, 0.25) is 0 Å². The van der Waals surface area contributed by atoms with Crippen molar-refractivity contribution in [3.05, 3.63) is 0 Å². The molecule has 0 bridgehead atoms. The molecular formula is C11H21Cl2N. The van der Waals surface area contributed by atoms with Crippen LogP contribution in [0, 0.1) is 0 Å². The van der Waals surface area contributed by atoms with Crippen LogP contribution in [0.2, 0.25) is 0 Å². The molecule has 14 heavy (non-hydrogen) atoms. The molecule has 0 aromatic carbocycles. The Labute approximate surface area is 98.6 Å². The molecule has 1 nitrogen and oxygen atoms in total. The minimum Gasteiger partial charge on any atom is -0.296 e. The van der Waals surface area contributed by atoms with Crippen molar-refractivity contribution in [2.24, 2.45) is 0 Å². The lowest BCUT2D eigenvalue weighted by Crippen LogP contribution is -2.46. The fourth-order valence-electron chi connectivity index (χ4n) is 3.22. The molecule has 1 saturated carbocycles. The van der Waals surface area contributed by atoms with Crippen molar-refractivity contribution in [1.82, 2.24) is 4.90 Å². The third kappa shape index (κ3) is 2.37. The van der Waals surface area contributed by atoms with Gasteiger partial charge in [-0.25, -0.2) is 0 Å². The van der Waals surface area contributed by atoms with E-state index in [4.69, 9.17) is 11.6 Å². The Morgan fingerprint density at radius 2 is 1.64 bits per heavy atom. The smallest absolute Gasteiger partial charge is 0.0351 e. The Bertz CT molecular complexity index is 167. The number of likely N-dealkylation sites (tertiary alicyclic amines) is 1. The second-order valence-electron chi connectivity index (χ2n) is 4.56. The SMILES string of the molecule is Cl.ClCCN1CCCC12CCCCC2. The van der Waals surface area contributed by atoms with Gasteiger partial charge < -0.3 is 0 Å². The fraction of sp³-hybridized carbons (Fsp3) is 1.00. The van der Waals surface area contributed by atoms with Crippen molar-refractivity contribution in [3.8, 4) is 0 Å². The zero-order valence-corrected chi connectivity index (χ0v) is 10.4. The molecule has 1 spiro atoms. The minimum absolute atomic E-state index is 0.